The average Bonchev–Trinajstić information content (AvgIpc) is 3.19. The van der Waals surface area contributed by atoms with Gasteiger partial charge in [-0.05, 0) is 45.2 Å². The van der Waals surface area contributed by atoms with Gasteiger partial charge in [-0.25, -0.2) is 4.98 Å². The number of carbonyl (C=O) groups excluding carboxylic acids is 3. The molecule has 0 saturated heterocycles. The van der Waals surface area contributed by atoms with Gasteiger partial charge in [-0.3, -0.25) is 14.4 Å². The molecule has 7 nitrogen and oxygen atoms in total. The van der Waals surface area contributed by atoms with Crippen molar-refractivity contribution in [1.29, 1.82) is 0 Å². The van der Waals surface area contributed by atoms with Gasteiger partial charge in [-0.2, -0.15) is 13.2 Å². The van der Waals surface area contributed by atoms with Gasteiger partial charge in [0.15, 0.2) is 23.6 Å². The Morgan fingerprint density at radius 3 is 2.38 bits per heavy atom. The number of pyridine rings is 1. The van der Waals surface area contributed by atoms with E-state index >= 15 is 0 Å². The fraction of sp³-hybridized carbons (Fsp3) is 0.636. The molecule has 2 aliphatic rings. The topological polar surface area (TPSA) is 91.8 Å². The van der Waals surface area contributed by atoms with Crippen molar-refractivity contribution in [1.82, 2.24) is 4.98 Å². The van der Waals surface area contributed by atoms with Gasteiger partial charge in [-0.1, -0.05) is 0 Å². The van der Waals surface area contributed by atoms with Crippen LogP contribution in [0.1, 0.15) is 54.9 Å². The Balaban J connectivity index is 1.76. The van der Waals surface area contributed by atoms with Crippen molar-refractivity contribution in [2.75, 3.05) is 19.8 Å². The van der Waals surface area contributed by atoms with E-state index in [1.165, 1.54) is 0 Å². The van der Waals surface area contributed by atoms with Gasteiger partial charge in [-0.15, -0.1) is 0 Å². The molecule has 0 aliphatic heterocycles. The number of nitrogens with zero attached hydrogens (tertiary/aromatic N) is 1. The summed E-state index contributed by atoms with van der Waals surface area (Å²) in [6.45, 7) is 3.70. The second-order valence-corrected chi connectivity index (χ2v) is 7.94. The van der Waals surface area contributed by atoms with Crippen molar-refractivity contribution < 1.29 is 41.8 Å². The van der Waals surface area contributed by atoms with E-state index in [4.69, 9.17) is 14.2 Å². The van der Waals surface area contributed by atoms with E-state index in [0.29, 0.717) is 31.9 Å². The summed E-state index contributed by atoms with van der Waals surface area (Å²) in [5.74, 6) is -3.87. The number of ether oxygens (including phenoxy) is 3. The maximum atomic E-state index is 13.2. The van der Waals surface area contributed by atoms with Gasteiger partial charge < -0.3 is 14.2 Å². The lowest BCUT2D eigenvalue weighted by Gasteiger charge is -2.25. The van der Waals surface area contributed by atoms with Gasteiger partial charge in [0.05, 0.1) is 25.5 Å². The lowest BCUT2D eigenvalue weighted by molar-refractivity contribution is -0.142. The van der Waals surface area contributed by atoms with Gasteiger partial charge in [0.2, 0.25) is 0 Å². The smallest absolute Gasteiger partial charge is 0.373 e. The molecule has 10 heteroatoms. The zero-order chi connectivity index (χ0) is 23.5. The summed E-state index contributed by atoms with van der Waals surface area (Å²) in [5.41, 5.74) is -1.65. The normalized spacial score (nSPS) is 24.1. The van der Waals surface area contributed by atoms with E-state index in [2.05, 4.69) is 4.98 Å². The highest BCUT2D eigenvalue weighted by molar-refractivity contribution is 6.26. The van der Waals surface area contributed by atoms with Crippen molar-refractivity contribution in [3.05, 3.63) is 29.1 Å². The van der Waals surface area contributed by atoms with Crippen LogP contribution in [-0.4, -0.2) is 48.4 Å². The highest BCUT2D eigenvalue weighted by atomic mass is 19.4. The van der Waals surface area contributed by atoms with Crippen LogP contribution in [-0.2, 0) is 36.6 Å². The molecule has 0 aromatic carbocycles. The summed E-state index contributed by atoms with van der Waals surface area (Å²) in [6, 6.07) is 1.65. The van der Waals surface area contributed by atoms with Crippen LogP contribution in [0, 0.1) is 17.8 Å². The summed E-state index contributed by atoms with van der Waals surface area (Å²) in [4.78, 5) is 42.0. The molecule has 0 spiro atoms. The molecule has 32 heavy (non-hydrogen) atoms. The molecule has 176 valence electrons. The molecule has 1 heterocycles. The van der Waals surface area contributed by atoms with Gasteiger partial charge in [0.1, 0.15) is 11.6 Å². The molecule has 0 amide bonds. The summed E-state index contributed by atoms with van der Waals surface area (Å²) >= 11 is 0. The first-order chi connectivity index (χ1) is 15.1. The molecule has 2 saturated carbocycles. The number of carbonyl (C=O) groups is 3. The molecular weight excluding hydrogens is 431 g/mol. The van der Waals surface area contributed by atoms with Crippen LogP contribution in [0.25, 0.3) is 0 Å². The molecule has 3 rings (SSSR count). The van der Waals surface area contributed by atoms with Crippen LogP contribution in [0.3, 0.4) is 0 Å². The van der Waals surface area contributed by atoms with E-state index in [1.807, 2.05) is 0 Å². The van der Waals surface area contributed by atoms with Crippen molar-refractivity contribution in [3.63, 3.8) is 0 Å². The number of rotatable bonds is 10. The number of Topliss-reactive ketones (excluding diaryl/α,β-unsaturated/α-hetero) is 3. The first-order valence-corrected chi connectivity index (χ1v) is 10.6. The molecular formula is C22H26F3NO6. The maximum Gasteiger partial charge on any atom is 0.433 e. The van der Waals surface area contributed by atoms with E-state index in [-0.39, 0.29) is 36.3 Å². The minimum absolute atomic E-state index is 0.0222. The summed E-state index contributed by atoms with van der Waals surface area (Å²) in [7, 11) is 0. The third kappa shape index (κ3) is 5.41. The number of hydrogen-bond acceptors (Lipinski definition) is 7. The lowest BCUT2D eigenvalue weighted by Crippen LogP contribution is -2.42. The van der Waals surface area contributed by atoms with Crippen molar-refractivity contribution >= 4 is 17.3 Å². The Morgan fingerprint density at radius 2 is 1.78 bits per heavy atom. The zero-order valence-corrected chi connectivity index (χ0v) is 17.9. The van der Waals surface area contributed by atoms with Gasteiger partial charge >= 0.3 is 6.18 Å². The quantitative estimate of drug-likeness (QED) is 0.230. The molecule has 0 N–H and O–H groups in total. The van der Waals surface area contributed by atoms with Crippen LogP contribution < -0.4 is 0 Å². The fourth-order valence-corrected chi connectivity index (χ4v) is 4.24. The second-order valence-electron chi connectivity index (χ2n) is 7.94. The number of halogens is 3. The molecule has 2 bridgehead atoms. The first kappa shape index (κ1) is 24.5. The highest BCUT2D eigenvalue weighted by Crippen LogP contribution is 2.41. The van der Waals surface area contributed by atoms with Crippen LogP contribution in [0.2, 0.25) is 0 Å². The molecule has 1 aromatic rings. The van der Waals surface area contributed by atoms with Crippen LogP contribution in [0.4, 0.5) is 13.2 Å². The number of aromatic nitrogens is 1. The monoisotopic (exact) mass is 457 g/mol. The number of ketones is 3. The first-order valence-electron chi connectivity index (χ1n) is 10.6. The van der Waals surface area contributed by atoms with Gasteiger partial charge in [0.25, 0.3) is 0 Å². The molecule has 0 radical (unpaired) electrons. The Morgan fingerprint density at radius 1 is 1.12 bits per heavy atom. The predicted molar refractivity (Wildman–Crippen MR) is 105 cm³/mol. The van der Waals surface area contributed by atoms with E-state index < -0.39 is 48.0 Å². The minimum Gasteiger partial charge on any atom is -0.373 e. The standard InChI is InChI=1S/C22H26F3NO6/c1-3-31-12(2)32-9-8-30-11-16-15(6-7-17(26-16)22(23,24)25)21(29)18-19(27)13-4-5-14(10-13)20(18)28/h6-7,12-14,18H,3-5,8-11H2,1-2H3. The Kier molecular flexibility index (Phi) is 7.79. The van der Waals surface area contributed by atoms with E-state index in [9.17, 15) is 27.6 Å². The van der Waals surface area contributed by atoms with Crippen molar-refractivity contribution in [2.24, 2.45) is 17.8 Å². The van der Waals surface area contributed by atoms with E-state index in [1.54, 1.807) is 13.8 Å². The lowest BCUT2D eigenvalue weighted by atomic mass is 9.75. The summed E-state index contributed by atoms with van der Waals surface area (Å²) in [5, 5.41) is 0. The second kappa shape index (κ2) is 10.2. The number of alkyl halides is 3. The molecule has 3 atom stereocenters. The zero-order valence-electron chi connectivity index (χ0n) is 17.9. The SMILES string of the molecule is CCOC(C)OCCOCc1nc(C(F)(F)F)ccc1C(=O)C1C(=O)C2CCC(C2)C1=O. The summed E-state index contributed by atoms with van der Waals surface area (Å²) in [6.07, 6.45) is -3.63. The molecule has 1 aromatic heterocycles. The average molecular weight is 457 g/mol. The van der Waals surface area contributed by atoms with Crippen molar-refractivity contribution in [3.8, 4) is 0 Å². The maximum absolute atomic E-state index is 13.2. The van der Waals surface area contributed by atoms with Gasteiger partial charge in [0, 0.05) is 24.0 Å². The highest BCUT2D eigenvalue weighted by Gasteiger charge is 2.50. The number of fused-ring (bicyclic) bond motifs is 2. The third-order valence-electron chi connectivity index (χ3n) is 5.82. The Labute approximate surface area is 183 Å². The van der Waals surface area contributed by atoms with E-state index in [0.717, 1.165) is 6.07 Å². The minimum atomic E-state index is -4.72. The van der Waals surface area contributed by atoms with Crippen LogP contribution in [0.15, 0.2) is 12.1 Å². The molecule has 3 unspecified atom stereocenters. The van der Waals surface area contributed by atoms with Crippen molar-refractivity contribution in [2.45, 2.75) is 52.2 Å². The third-order valence-corrected chi connectivity index (χ3v) is 5.82. The Hall–Kier alpha value is -2.17. The summed E-state index contributed by atoms with van der Waals surface area (Å²) < 4.78 is 55.4. The largest absolute Gasteiger partial charge is 0.433 e. The van der Waals surface area contributed by atoms with Crippen LogP contribution >= 0.6 is 0 Å². The molecule has 2 aliphatic carbocycles. The Bertz CT molecular complexity index is 850. The van der Waals surface area contributed by atoms with Crippen LogP contribution in [0.5, 0.6) is 0 Å². The predicted octanol–water partition coefficient (Wildman–Crippen LogP) is 3.38. The molecule has 2 fully saturated rings. The fourth-order valence-electron chi connectivity index (χ4n) is 4.24. The number of hydrogen-bond donors (Lipinski definition) is 0.